The molecule has 2 aromatic carbocycles. The zero-order valence-electron chi connectivity index (χ0n) is 11.0. The highest BCUT2D eigenvalue weighted by atomic mass is 79.9. The van der Waals surface area contributed by atoms with Crippen LogP contribution in [0.4, 0.5) is 0 Å². The smallest absolute Gasteiger partial charge is 0.211 e. The summed E-state index contributed by atoms with van der Waals surface area (Å²) in [5, 5.41) is 11.0. The molecule has 0 spiro atoms. The number of benzene rings is 2. The molecular weight excluding hydrogens is 330 g/mol. The molecule has 0 aromatic heterocycles. The monoisotopic (exact) mass is 341 g/mol. The molecule has 1 unspecified atom stereocenters. The number of carbonyl (C=O) groups excluding carboxylic acids is 1. The molecule has 2 aromatic rings. The van der Waals surface area contributed by atoms with Gasteiger partial charge in [-0.15, -0.1) is 10.2 Å². The average Bonchev–Trinajstić information content (AvgIpc) is 2.56. The lowest BCUT2D eigenvalue weighted by molar-refractivity contribution is 0.106. The van der Waals surface area contributed by atoms with Gasteiger partial charge in [0.25, 0.3) is 0 Å². The van der Waals surface area contributed by atoms with Gasteiger partial charge >= 0.3 is 0 Å². The number of rotatable bonds is 3. The largest absolute Gasteiger partial charge is 0.362 e. The van der Waals surface area contributed by atoms with Crippen molar-refractivity contribution in [1.29, 1.82) is 0 Å². The Hall–Kier alpha value is -2.27. The lowest BCUT2D eigenvalue weighted by atomic mass is 9.95. The molecule has 1 aliphatic heterocycles. The topological polar surface area (TPSA) is 53.8 Å². The molecule has 1 aliphatic rings. The number of hydrogen-bond donors (Lipinski definition) is 1. The minimum Gasteiger partial charge on any atom is -0.362 e. The Balaban J connectivity index is 1.94. The van der Waals surface area contributed by atoms with Crippen molar-refractivity contribution >= 4 is 33.8 Å². The summed E-state index contributed by atoms with van der Waals surface area (Å²) >= 11 is 3.36. The van der Waals surface area contributed by atoms with Crippen LogP contribution in [0.5, 0.6) is 0 Å². The first-order valence-corrected chi connectivity index (χ1v) is 7.25. The zero-order chi connectivity index (χ0) is 14.7. The summed E-state index contributed by atoms with van der Waals surface area (Å²) in [4.78, 5) is 12.6. The standard InChI is InChI=1S/C16H12BrN3O/c17-13-8-6-12(7-9-13)16(21)15-14(18-10-19-20-15)11-4-2-1-3-5-11/h1-10,14H,(H,18,19). The summed E-state index contributed by atoms with van der Waals surface area (Å²) in [6, 6.07) is 16.7. The quantitative estimate of drug-likeness (QED) is 0.870. The van der Waals surface area contributed by atoms with Crippen molar-refractivity contribution in [2.75, 3.05) is 0 Å². The molecule has 0 saturated heterocycles. The number of carbonyl (C=O) groups is 1. The molecular formula is C16H12BrN3O. The Kier molecular flexibility index (Phi) is 3.92. The second-order valence-corrected chi connectivity index (χ2v) is 5.49. The Morgan fingerprint density at radius 1 is 1.05 bits per heavy atom. The molecule has 0 radical (unpaired) electrons. The van der Waals surface area contributed by atoms with Gasteiger partial charge in [-0.2, -0.15) is 0 Å². The number of nitrogens with zero attached hydrogens (tertiary/aromatic N) is 2. The Labute approximate surface area is 130 Å². The normalized spacial score (nSPS) is 17.0. The molecule has 1 heterocycles. The molecule has 4 nitrogen and oxygen atoms in total. The summed E-state index contributed by atoms with van der Waals surface area (Å²) in [5.41, 5.74) is 1.97. The van der Waals surface area contributed by atoms with Crippen molar-refractivity contribution in [1.82, 2.24) is 5.32 Å². The van der Waals surface area contributed by atoms with Crippen LogP contribution < -0.4 is 5.32 Å². The highest BCUT2D eigenvalue weighted by Crippen LogP contribution is 2.20. The van der Waals surface area contributed by atoms with Gasteiger partial charge in [0, 0.05) is 10.0 Å². The summed E-state index contributed by atoms with van der Waals surface area (Å²) < 4.78 is 0.931. The van der Waals surface area contributed by atoms with E-state index in [0.29, 0.717) is 11.3 Å². The molecule has 0 bridgehead atoms. The fourth-order valence-electron chi connectivity index (χ4n) is 2.16. The maximum absolute atomic E-state index is 12.6. The van der Waals surface area contributed by atoms with Crippen LogP contribution in [0.2, 0.25) is 0 Å². The highest BCUT2D eigenvalue weighted by Gasteiger charge is 2.26. The van der Waals surface area contributed by atoms with Gasteiger partial charge in [0.2, 0.25) is 5.78 Å². The third kappa shape index (κ3) is 2.92. The van der Waals surface area contributed by atoms with Crippen molar-refractivity contribution in [2.24, 2.45) is 10.2 Å². The first kappa shape index (κ1) is 13.7. The molecule has 1 N–H and O–H groups in total. The molecule has 0 fully saturated rings. The molecule has 1 atom stereocenters. The van der Waals surface area contributed by atoms with Gasteiger partial charge in [0.05, 0.1) is 0 Å². The van der Waals surface area contributed by atoms with E-state index in [9.17, 15) is 4.79 Å². The molecule has 0 saturated carbocycles. The van der Waals surface area contributed by atoms with Gasteiger partial charge in [-0.25, -0.2) is 0 Å². The van der Waals surface area contributed by atoms with Gasteiger partial charge in [0.15, 0.2) is 0 Å². The number of halogens is 1. The SMILES string of the molecule is O=C(C1=NN=CNC1c1ccccc1)c1ccc(Br)cc1. The van der Waals surface area contributed by atoms with E-state index < -0.39 is 0 Å². The number of ketones is 1. The van der Waals surface area contributed by atoms with Crippen molar-refractivity contribution in [3.05, 3.63) is 70.2 Å². The summed E-state index contributed by atoms with van der Waals surface area (Å²) in [6.07, 6.45) is 1.51. The third-order valence-corrected chi connectivity index (χ3v) is 3.74. The maximum Gasteiger partial charge on any atom is 0.211 e. The van der Waals surface area contributed by atoms with Crippen LogP contribution in [0.3, 0.4) is 0 Å². The van der Waals surface area contributed by atoms with E-state index in [2.05, 4.69) is 31.4 Å². The van der Waals surface area contributed by atoms with Gasteiger partial charge in [-0.3, -0.25) is 4.79 Å². The van der Waals surface area contributed by atoms with E-state index in [1.54, 1.807) is 12.1 Å². The van der Waals surface area contributed by atoms with Crippen molar-refractivity contribution in [3.63, 3.8) is 0 Å². The van der Waals surface area contributed by atoms with Crippen molar-refractivity contribution in [3.8, 4) is 0 Å². The van der Waals surface area contributed by atoms with Crippen LogP contribution in [0.1, 0.15) is 22.0 Å². The van der Waals surface area contributed by atoms with Crippen LogP contribution in [-0.4, -0.2) is 17.8 Å². The predicted octanol–water partition coefficient (Wildman–Crippen LogP) is 3.36. The first-order valence-electron chi connectivity index (χ1n) is 6.46. The summed E-state index contributed by atoms with van der Waals surface area (Å²) in [5.74, 6) is -0.124. The second kappa shape index (κ2) is 6.01. The first-order chi connectivity index (χ1) is 10.3. The summed E-state index contributed by atoms with van der Waals surface area (Å²) in [6.45, 7) is 0. The van der Waals surface area contributed by atoms with E-state index >= 15 is 0 Å². The Bertz CT molecular complexity index is 708. The Morgan fingerprint density at radius 3 is 2.48 bits per heavy atom. The van der Waals surface area contributed by atoms with E-state index in [0.717, 1.165) is 10.0 Å². The van der Waals surface area contributed by atoms with Gasteiger partial charge in [-0.05, 0) is 29.8 Å². The van der Waals surface area contributed by atoms with E-state index in [-0.39, 0.29) is 11.8 Å². The lowest BCUT2D eigenvalue weighted by Crippen LogP contribution is -2.35. The van der Waals surface area contributed by atoms with Crippen LogP contribution in [0, 0.1) is 0 Å². The summed E-state index contributed by atoms with van der Waals surface area (Å²) in [7, 11) is 0. The molecule has 104 valence electrons. The molecule has 5 heteroatoms. The van der Waals surface area contributed by atoms with E-state index in [1.165, 1.54) is 6.34 Å². The fraction of sp³-hybridized carbons (Fsp3) is 0.0625. The Morgan fingerprint density at radius 2 is 1.76 bits per heavy atom. The van der Waals surface area contributed by atoms with E-state index in [4.69, 9.17) is 0 Å². The zero-order valence-corrected chi connectivity index (χ0v) is 12.6. The number of hydrogen-bond acceptors (Lipinski definition) is 4. The van der Waals surface area contributed by atoms with Gasteiger partial charge in [-0.1, -0.05) is 46.3 Å². The minimum atomic E-state index is -0.278. The van der Waals surface area contributed by atoms with E-state index in [1.807, 2.05) is 42.5 Å². The molecule has 3 rings (SSSR count). The fourth-order valence-corrected chi connectivity index (χ4v) is 2.43. The third-order valence-electron chi connectivity index (χ3n) is 3.21. The minimum absolute atomic E-state index is 0.124. The van der Waals surface area contributed by atoms with Crippen LogP contribution in [-0.2, 0) is 0 Å². The number of Topliss-reactive ketones (excluding diaryl/α,β-unsaturated/α-hetero) is 1. The van der Waals surface area contributed by atoms with Gasteiger partial charge in [0.1, 0.15) is 18.1 Å². The van der Waals surface area contributed by atoms with Crippen LogP contribution >= 0.6 is 15.9 Å². The van der Waals surface area contributed by atoms with Crippen LogP contribution in [0.25, 0.3) is 0 Å². The predicted molar refractivity (Wildman–Crippen MR) is 86.7 cm³/mol. The number of nitrogens with one attached hydrogen (secondary N) is 1. The molecule has 0 amide bonds. The average molecular weight is 342 g/mol. The second-order valence-electron chi connectivity index (χ2n) is 4.58. The van der Waals surface area contributed by atoms with Crippen LogP contribution in [0.15, 0.2) is 69.3 Å². The molecule has 0 aliphatic carbocycles. The van der Waals surface area contributed by atoms with Gasteiger partial charge < -0.3 is 5.32 Å². The van der Waals surface area contributed by atoms with Crippen molar-refractivity contribution < 1.29 is 4.79 Å². The molecule has 21 heavy (non-hydrogen) atoms. The maximum atomic E-state index is 12.6. The van der Waals surface area contributed by atoms with Crippen molar-refractivity contribution in [2.45, 2.75) is 6.04 Å². The highest BCUT2D eigenvalue weighted by molar-refractivity contribution is 9.10. The lowest BCUT2D eigenvalue weighted by Gasteiger charge is -2.20.